The van der Waals surface area contributed by atoms with Crippen LogP contribution in [-0.4, -0.2) is 45.9 Å². The Morgan fingerprint density at radius 2 is 2.12 bits per heavy atom. The number of aromatic amines is 1. The Labute approximate surface area is 150 Å². The van der Waals surface area contributed by atoms with Gasteiger partial charge in [-0.15, -0.1) is 0 Å². The van der Waals surface area contributed by atoms with E-state index in [1.54, 1.807) is 18.3 Å². The average molecular weight is 373 g/mol. The third-order valence-electron chi connectivity index (χ3n) is 5.16. The number of nitrogens with one attached hydrogen (secondary N) is 1. The quantitative estimate of drug-likeness (QED) is 0.753. The first-order chi connectivity index (χ1) is 12.6. The van der Waals surface area contributed by atoms with Gasteiger partial charge in [-0.05, 0) is 37.8 Å². The summed E-state index contributed by atoms with van der Waals surface area (Å²) in [6, 6.07) is 3.52. The molecule has 0 spiro atoms. The van der Waals surface area contributed by atoms with Crippen LogP contribution < -0.4 is 0 Å². The first-order valence-corrected chi connectivity index (χ1v) is 10.3. The fourth-order valence-electron chi connectivity index (χ4n) is 3.56. The van der Waals surface area contributed by atoms with Gasteiger partial charge in [0.15, 0.2) is 5.82 Å². The van der Waals surface area contributed by atoms with E-state index in [2.05, 4.69) is 20.1 Å². The van der Waals surface area contributed by atoms with Crippen LogP contribution in [0.25, 0.3) is 11.0 Å². The number of rotatable bonds is 4. The summed E-state index contributed by atoms with van der Waals surface area (Å²) in [5.41, 5.74) is 0.576. The highest BCUT2D eigenvalue weighted by molar-refractivity contribution is 7.89. The SMILES string of the molecule is O=S(=O)(c1c[nH]c2ncccc12)N1CCCC(c2noc(C3CC3)n2)C1. The number of hydrogen-bond donors (Lipinski definition) is 1. The number of pyridine rings is 1. The molecule has 3 aromatic heterocycles. The van der Waals surface area contributed by atoms with Gasteiger partial charge in [-0.3, -0.25) is 0 Å². The monoisotopic (exact) mass is 373 g/mol. The van der Waals surface area contributed by atoms with Crippen molar-refractivity contribution in [3.8, 4) is 0 Å². The molecule has 2 fully saturated rings. The van der Waals surface area contributed by atoms with Crippen LogP contribution in [0.3, 0.4) is 0 Å². The molecule has 0 aromatic carbocycles. The second-order valence-corrected chi connectivity index (χ2v) is 8.93. The number of sulfonamides is 1. The van der Waals surface area contributed by atoms with Gasteiger partial charge in [-0.1, -0.05) is 5.16 Å². The fraction of sp³-hybridized carbons (Fsp3) is 0.471. The molecule has 2 aliphatic rings. The van der Waals surface area contributed by atoms with Crippen LogP contribution in [0.1, 0.15) is 49.2 Å². The van der Waals surface area contributed by atoms with Gasteiger partial charge in [0.2, 0.25) is 15.9 Å². The molecule has 1 unspecified atom stereocenters. The van der Waals surface area contributed by atoms with E-state index in [0.717, 1.165) is 25.7 Å². The molecule has 3 aromatic rings. The van der Waals surface area contributed by atoms with E-state index in [1.807, 2.05) is 0 Å². The zero-order chi connectivity index (χ0) is 17.7. The largest absolute Gasteiger partial charge is 0.345 e. The third kappa shape index (κ3) is 2.62. The number of piperidine rings is 1. The molecule has 8 nitrogen and oxygen atoms in total. The summed E-state index contributed by atoms with van der Waals surface area (Å²) in [6.07, 6.45) is 7.00. The van der Waals surface area contributed by atoms with Crippen LogP contribution in [-0.2, 0) is 10.0 Å². The summed E-state index contributed by atoms with van der Waals surface area (Å²) < 4.78 is 33.2. The molecule has 0 amide bonds. The Morgan fingerprint density at radius 1 is 1.23 bits per heavy atom. The highest BCUT2D eigenvalue weighted by Gasteiger charge is 2.36. The van der Waals surface area contributed by atoms with Crippen molar-refractivity contribution in [1.29, 1.82) is 0 Å². The smallest absolute Gasteiger partial charge is 0.245 e. The second kappa shape index (κ2) is 5.88. The molecule has 0 radical (unpaired) electrons. The maximum absolute atomic E-state index is 13.2. The lowest BCUT2D eigenvalue weighted by Crippen LogP contribution is -2.39. The maximum atomic E-state index is 13.2. The van der Waals surface area contributed by atoms with Crippen LogP contribution >= 0.6 is 0 Å². The van der Waals surface area contributed by atoms with Crippen molar-refractivity contribution in [2.75, 3.05) is 13.1 Å². The predicted molar refractivity (Wildman–Crippen MR) is 93.1 cm³/mol. The van der Waals surface area contributed by atoms with Crippen molar-refractivity contribution >= 4 is 21.1 Å². The van der Waals surface area contributed by atoms with Crippen molar-refractivity contribution < 1.29 is 12.9 Å². The summed E-state index contributed by atoms with van der Waals surface area (Å²) in [6.45, 7) is 0.873. The lowest BCUT2D eigenvalue weighted by molar-refractivity contribution is 0.300. The molecule has 1 saturated heterocycles. The van der Waals surface area contributed by atoms with Crippen LogP contribution in [0.4, 0.5) is 0 Å². The molecule has 9 heteroatoms. The van der Waals surface area contributed by atoms with E-state index in [-0.39, 0.29) is 10.8 Å². The van der Waals surface area contributed by atoms with Crippen molar-refractivity contribution in [3.05, 3.63) is 36.2 Å². The normalized spacial score (nSPS) is 22.1. The Bertz CT molecular complexity index is 1050. The average Bonchev–Trinajstić information content (AvgIpc) is 3.22. The summed E-state index contributed by atoms with van der Waals surface area (Å²) in [5, 5.41) is 4.72. The maximum Gasteiger partial charge on any atom is 0.245 e. The molecule has 5 rings (SSSR count). The highest BCUT2D eigenvalue weighted by atomic mass is 32.2. The minimum atomic E-state index is -3.61. The topological polar surface area (TPSA) is 105 Å². The molecule has 0 bridgehead atoms. The number of aromatic nitrogens is 4. The van der Waals surface area contributed by atoms with E-state index in [9.17, 15) is 8.42 Å². The number of hydrogen-bond acceptors (Lipinski definition) is 6. The minimum absolute atomic E-state index is 0.0295. The van der Waals surface area contributed by atoms with Crippen molar-refractivity contribution in [1.82, 2.24) is 24.4 Å². The van der Waals surface area contributed by atoms with Crippen LogP contribution in [0.15, 0.2) is 33.9 Å². The molecule has 1 aliphatic carbocycles. The molecular weight excluding hydrogens is 354 g/mol. The summed E-state index contributed by atoms with van der Waals surface area (Å²) >= 11 is 0. The Morgan fingerprint density at radius 3 is 2.96 bits per heavy atom. The summed E-state index contributed by atoms with van der Waals surface area (Å²) in [4.78, 5) is 11.9. The standard InChI is InChI=1S/C17H19N5O3S/c23-26(24,14-9-19-16-13(14)4-1-7-18-16)22-8-2-3-12(10-22)15-20-17(25-21-15)11-5-6-11/h1,4,7,9,11-12H,2-3,5-6,8,10H2,(H,18,19). The van der Waals surface area contributed by atoms with Crippen molar-refractivity contribution in [2.45, 2.75) is 42.4 Å². The van der Waals surface area contributed by atoms with Gasteiger partial charge in [0.1, 0.15) is 10.5 Å². The molecule has 1 saturated carbocycles. The molecule has 1 aliphatic heterocycles. The summed E-state index contributed by atoms with van der Waals surface area (Å²) in [5.74, 6) is 1.70. The van der Waals surface area contributed by atoms with Gasteiger partial charge in [-0.25, -0.2) is 13.4 Å². The van der Waals surface area contributed by atoms with Crippen molar-refractivity contribution in [3.63, 3.8) is 0 Å². The third-order valence-corrected chi connectivity index (χ3v) is 7.07. The highest BCUT2D eigenvalue weighted by Crippen LogP contribution is 2.40. The van der Waals surface area contributed by atoms with Gasteiger partial charge < -0.3 is 9.51 Å². The molecule has 26 heavy (non-hydrogen) atoms. The minimum Gasteiger partial charge on any atom is -0.345 e. The van der Waals surface area contributed by atoms with Crippen molar-refractivity contribution in [2.24, 2.45) is 0 Å². The molecular formula is C17H19N5O3S. The Balaban J connectivity index is 1.43. The molecule has 1 atom stereocenters. The van der Waals surface area contributed by atoms with E-state index in [1.165, 1.54) is 10.5 Å². The zero-order valence-corrected chi connectivity index (χ0v) is 14.9. The predicted octanol–water partition coefficient (Wildman–Crippen LogP) is 2.39. The van der Waals surface area contributed by atoms with Gasteiger partial charge in [-0.2, -0.15) is 9.29 Å². The number of nitrogens with zero attached hydrogens (tertiary/aromatic N) is 4. The van der Waals surface area contributed by atoms with E-state index in [4.69, 9.17) is 4.52 Å². The van der Waals surface area contributed by atoms with E-state index in [0.29, 0.717) is 41.8 Å². The van der Waals surface area contributed by atoms with Gasteiger partial charge in [0, 0.05) is 42.7 Å². The van der Waals surface area contributed by atoms with Crippen LogP contribution in [0.5, 0.6) is 0 Å². The first kappa shape index (κ1) is 16.0. The zero-order valence-electron chi connectivity index (χ0n) is 14.1. The number of H-pyrrole nitrogens is 1. The molecule has 4 heterocycles. The summed E-state index contributed by atoms with van der Waals surface area (Å²) in [7, 11) is -3.61. The molecule has 1 N–H and O–H groups in total. The second-order valence-electron chi connectivity index (χ2n) is 7.02. The lowest BCUT2D eigenvalue weighted by Gasteiger charge is -2.30. The van der Waals surface area contributed by atoms with Gasteiger partial charge in [0.05, 0.1) is 0 Å². The van der Waals surface area contributed by atoms with Gasteiger partial charge >= 0.3 is 0 Å². The Kier molecular flexibility index (Phi) is 3.61. The first-order valence-electron chi connectivity index (χ1n) is 8.88. The van der Waals surface area contributed by atoms with E-state index < -0.39 is 10.0 Å². The lowest BCUT2D eigenvalue weighted by atomic mass is 9.99. The van der Waals surface area contributed by atoms with Crippen LogP contribution in [0, 0.1) is 0 Å². The fourth-order valence-corrected chi connectivity index (χ4v) is 5.24. The number of fused-ring (bicyclic) bond motifs is 1. The van der Waals surface area contributed by atoms with Crippen LogP contribution in [0.2, 0.25) is 0 Å². The molecule has 136 valence electrons. The Hall–Kier alpha value is -2.26. The van der Waals surface area contributed by atoms with Gasteiger partial charge in [0.25, 0.3) is 0 Å². The van der Waals surface area contributed by atoms with E-state index >= 15 is 0 Å².